The zero-order valence-corrected chi connectivity index (χ0v) is 6.17. The summed E-state index contributed by atoms with van der Waals surface area (Å²) in [7, 11) is 0. The highest BCUT2D eigenvalue weighted by molar-refractivity contribution is 5.77. The van der Waals surface area contributed by atoms with Crippen LogP contribution >= 0.6 is 0 Å². The zero-order valence-electron chi connectivity index (χ0n) is 6.17. The average Bonchev–Trinajstić information content (AvgIpc) is 2.52. The predicted molar refractivity (Wildman–Crippen MR) is 38.7 cm³/mol. The van der Waals surface area contributed by atoms with E-state index in [1.54, 1.807) is 0 Å². The summed E-state index contributed by atoms with van der Waals surface area (Å²) < 4.78 is 5.11. The Hall–Kier alpha value is -1.03. The summed E-state index contributed by atoms with van der Waals surface area (Å²) in [5.41, 5.74) is 0. The maximum absolute atomic E-state index is 10.5. The van der Waals surface area contributed by atoms with Crippen LogP contribution in [0.25, 0.3) is 0 Å². The normalized spacial score (nSPS) is 15.5. The van der Waals surface area contributed by atoms with E-state index in [1.807, 2.05) is 6.08 Å². The number of carbonyl (C=O) groups is 1. The molecule has 1 amide bonds. The van der Waals surface area contributed by atoms with Crippen molar-refractivity contribution in [1.82, 2.24) is 5.32 Å². The number of hydrogen-bond donors (Lipinski definition) is 2. The minimum absolute atomic E-state index is 0.374. The van der Waals surface area contributed by atoms with Crippen LogP contribution in [0.1, 0.15) is 6.42 Å². The second kappa shape index (κ2) is 3.98. The molecule has 0 spiro atoms. The quantitative estimate of drug-likeness (QED) is 0.575. The minimum Gasteiger partial charge on any atom is -0.496 e. The SMILES string of the molecule is O=C(CO)NCC1=CCCO1. The van der Waals surface area contributed by atoms with Gasteiger partial charge in [-0.1, -0.05) is 0 Å². The fourth-order valence-corrected chi connectivity index (χ4v) is 0.834. The van der Waals surface area contributed by atoms with Gasteiger partial charge in [-0.25, -0.2) is 0 Å². The van der Waals surface area contributed by atoms with E-state index in [0.717, 1.165) is 12.2 Å². The van der Waals surface area contributed by atoms with Gasteiger partial charge in [0.1, 0.15) is 12.4 Å². The first-order chi connectivity index (χ1) is 5.33. The van der Waals surface area contributed by atoms with Crippen molar-refractivity contribution in [2.75, 3.05) is 19.8 Å². The average molecular weight is 157 g/mol. The lowest BCUT2D eigenvalue weighted by molar-refractivity contribution is -0.123. The van der Waals surface area contributed by atoms with Gasteiger partial charge in [0.05, 0.1) is 13.2 Å². The van der Waals surface area contributed by atoms with E-state index in [2.05, 4.69) is 5.32 Å². The third-order valence-electron chi connectivity index (χ3n) is 1.38. The highest BCUT2D eigenvalue weighted by Gasteiger charge is 2.05. The molecule has 11 heavy (non-hydrogen) atoms. The zero-order chi connectivity index (χ0) is 8.10. The highest BCUT2D eigenvalue weighted by Crippen LogP contribution is 2.06. The van der Waals surface area contributed by atoms with E-state index in [9.17, 15) is 4.79 Å². The van der Waals surface area contributed by atoms with E-state index >= 15 is 0 Å². The third kappa shape index (κ3) is 2.59. The van der Waals surface area contributed by atoms with E-state index in [-0.39, 0.29) is 5.91 Å². The van der Waals surface area contributed by atoms with Crippen LogP contribution in [0.2, 0.25) is 0 Å². The van der Waals surface area contributed by atoms with Crippen LogP contribution in [0.4, 0.5) is 0 Å². The second-order valence-electron chi connectivity index (χ2n) is 2.24. The van der Waals surface area contributed by atoms with Crippen molar-refractivity contribution >= 4 is 5.91 Å². The molecule has 1 aliphatic heterocycles. The first kappa shape index (κ1) is 8.07. The standard InChI is InChI=1S/C7H11NO3/c9-5-7(10)8-4-6-2-1-3-11-6/h2,9H,1,3-5H2,(H,8,10). The van der Waals surface area contributed by atoms with E-state index in [1.165, 1.54) is 0 Å². The van der Waals surface area contributed by atoms with Crippen LogP contribution in [0.15, 0.2) is 11.8 Å². The second-order valence-corrected chi connectivity index (χ2v) is 2.24. The number of hydrogen-bond acceptors (Lipinski definition) is 3. The van der Waals surface area contributed by atoms with Crippen LogP contribution in [-0.4, -0.2) is 30.8 Å². The van der Waals surface area contributed by atoms with E-state index < -0.39 is 6.61 Å². The van der Waals surface area contributed by atoms with Crippen molar-refractivity contribution < 1.29 is 14.6 Å². The molecular weight excluding hydrogens is 146 g/mol. The Morgan fingerprint density at radius 3 is 3.18 bits per heavy atom. The van der Waals surface area contributed by atoms with Crippen molar-refractivity contribution in [2.24, 2.45) is 0 Å². The van der Waals surface area contributed by atoms with Gasteiger partial charge in [0.15, 0.2) is 0 Å². The van der Waals surface area contributed by atoms with Gasteiger partial charge in [-0.3, -0.25) is 4.79 Å². The maximum atomic E-state index is 10.5. The molecule has 0 radical (unpaired) electrons. The highest BCUT2D eigenvalue weighted by atomic mass is 16.5. The van der Waals surface area contributed by atoms with Crippen molar-refractivity contribution in [2.45, 2.75) is 6.42 Å². The van der Waals surface area contributed by atoms with Gasteiger partial charge in [-0.15, -0.1) is 0 Å². The number of ether oxygens (including phenoxy) is 1. The summed E-state index contributed by atoms with van der Waals surface area (Å²) in [6.45, 7) is 0.622. The summed E-state index contributed by atoms with van der Waals surface area (Å²) in [6, 6.07) is 0. The molecule has 1 aliphatic rings. The Kier molecular flexibility index (Phi) is 2.92. The first-order valence-corrected chi connectivity index (χ1v) is 3.52. The molecule has 0 atom stereocenters. The number of nitrogens with one attached hydrogen (secondary N) is 1. The van der Waals surface area contributed by atoms with Gasteiger partial charge in [0.2, 0.25) is 5.91 Å². The number of aliphatic hydroxyl groups is 1. The summed E-state index contributed by atoms with van der Waals surface area (Å²) in [4.78, 5) is 10.5. The molecule has 4 heteroatoms. The molecule has 2 N–H and O–H groups in total. The summed E-state index contributed by atoms with van der Waals surface area (Å²) in [5, 5.41) is 10.8. The van der Waals surface area contributed by atoms with Crippen molar-refractivity contribution in [3.05, 3.63) is 11.8 Å². The first-order valence-electron chi connectivity index (χ1n) is 3.52. The molecule has 0 aromatic carbocycles. The molecule has 0 fully saturated rings. The Labute approximate surface area is 64.9 Å². The minimum atomic E-state index is -0.465. The van der Waals surface area contributed by atoms with Gasteiger partial charge in [0, 0.05) is 6.42 Å². The summed E-state index contributed by atoms with van der Waals surface area (Å²) in [6.07, 6.45) is 2.84. The topological polar surface area (TPSA) is 58.6 Å². The van der Waals surface area contributed by atoms with Crippen molar-refractivity contribution in [3.8, 4) is 0 Å². The molecule has 0 unspecified atom stereocenters. The van der Waals surface area contributed by atoms with Gasteiger partial charge in [-0.2, -0.15) is 0 Å². The smallest absolute Gasteiger partial charge is 0.246 e. The molecular formula is C7H11NO3. The van der Waals surface area contributed by atoms with Crippen LogP contribution in [0.5, 0.6) is 0 Å². The molecule has 0 saturated carbocycles. The Morgan fingerprint density at radius 2 is 2.64 bits per heavy atom. The van der Waals surface area contributed by atoms with Crippen LogP contribution in [0.3, 0.4) is 0 Å². The Morgan fingerprint density at radius 1 is 1.82 bits per heavy atom. The van der Waals surface area contributed by atoms with E-state index in [0.29, 0.717) is 13.2 Å². The van der Waals surface area contributed by atoms with Crippen molar-refractivity contribution in [3.63, 3.8) is 0 Å². The number of carbonyl (C=O) groups excluding carboxylic acids is 1. The maximum Gasteiger partial charge on any atom is 0.246 e. The Bertz CT molecular complexity index is 177. The monoisotopic (exact) mass is 157 g/mol. The molecule has 0 aromatic heterocycles. The molecule has 0 aromatic rings. The lowest BCUT2D eigenvalue weighted by atomic mass is 10.4. The van der Waals surface area contributed by atoms with Crippen molar-refractivity contribution in [1.29, 1.82) is 0 Å². The lowest BCUT2D eigenvalue weighted by Crippen LogP contribution is -2.28. The summed E-state index contributed by atoms with van der Waals surface area (Å²) >= 11 is 0. The number of aliphatic hydroxyl groups excluding tert-OH is 1. The molecule has 1 rings (SSSR count). The third-order valence-corrected chi connectivity index (χ3v) is 1.38. The van der Waals surface area contributed by atoms with Crippen LogP contribution < -0.4 is 5.32 Å². The van der Waals surface area contributed by atoms with Crippen LogP contribution in [0, 0.1) is 0 Å². The van der Waals surface area contributed by atoms with Gasteiger partial charge < -0.3 is 15.2 Å². The summed E-state index contributed by atoms with van der Waals surface area (Å²) in [5.74, 6) is 0.410. The predicted octanol–water partition coefficient (Wildman–Crippen LogP) is -0.601. The molecule has 62 valence electrons. The van der Waals surface area contributed by atoms with E-state index in [4.69, 9.17) is 9.84 Å². The van der Waals surface area contributed by atoms with Gasteiger partial charge in [-0.05, 0) is 6.08 Å². The fraction of sp³-hybridized carbons (Fsp3) is 0.571. The van der Waals surface area contributed by atoms with Gasteiger partial charge >= 0.3 is 0 Å². The molecule has 0 saturated heterocycles. The molecule has 0 bridgehead atoms. The fourth-order valence-electron chi connectivity index (χ4n) is 0.834. The molecule has 1 heterocycles. The van der Waals surface area contributed by atoms with Crippen LogP contribution in [-0.2, 0) is 9.53 Å². The molecule has 0 aliphatic carbocycles. The van der Waals surface area contributed by atoms with Gasteiger partial charge in [0.25, 0.3) is 0 Å². The Balaban J connectivity index is 2.16. The molecule has 4 nitrogen and oxygen atoms in total. The lowest BCUT2D eigenvalue weighted by Gasteiger charge is -2.03. The largest absolute Gasteiger partial charge is 0.496 e. The number of rotatable bonds is 3. The number of amides is 1.